The number of imidazole rings is 1. The number of benzene rings is 1. The molecule has 0 fully saturated rings. The van der Waals surface area contributed by atoms with Crippen LogP contribution in [-0.2, 0) is 13.1 Å². The van der Waals surface area contributed by atoms with Gasteiger partial charge in [0.25, 0.3) is 0 Å². The molecule has 0 saturated heterocycles. The second-order valence-electron chi connectivity index (χ2n) is 4.69. The zero-order valence-electron chi connectivity index (χ0n) is 11.5. The zero-order valence-corrected chi connectivity index (χ0v) is 12.2. The molecular weight excluding hydrogens is 290 g/mol. The summed E-state index contributed by atoms with van der Waals surface area (Å²) >= 11 is 5.88. The molecule has 0 aliphatic carbocycles. The van der Waals surface area contributed by atoms with Crippen LogP contribution in [0.1, 0.15) is 12.5 Å². The molecule has 2 aromatic heterocycles. The minimum atomic E-state index is -0.353. The molecule has 2 heterocycles. The van der Waals surface area contributed by atoms with Crippen molar-refractivity contribution in [3.8, 4) is 0 Å². The first-order valence-corrected chi connectivity index (χ1v) is 6.93. The second kappa shape index (κ2) is 5.21. The van der Waals surface area contributed by atoms with Crippen molar-refractivity contribution in [2.24, 2.45) is 0 Å². The molecule has 0 spiro atoms. The third-order valence-corrected chi connectivity index (χ3v) is 3.62. The van der Waals surface area contributed by atoms with Crippen molar-refractivity contribution in [2.75, 3.05) is 5.73 Å². The van der Waals surface area contributed by atoms with Gasteiger partial charge in [-0.1, -0.05) is 23.7 Å². The fraction of sp³-hybridized carbons (Fsp3) is 0.214. The Hall–Kier alpha value is -2.34. The van der Waals surface area contributed by atoms with Gasteiger partial charge in [0, 0.05) is 11.6 Å². The Labute approximate surface area is 125 Å². The summed E-state index contributed by atoms with van der Waals surface area (Å²) in [5, 5.41) is 0.671. The molecule has 108 valence electrons. The predicted octanol–water partition coefficient (Wildman–Crippen LogP) is 1.90. The highest BCUT2D eigenvalue weighted by atomic mass is 35.5. The van der Waals surface area contributed by atoms with Gasteiger partial charge in [0.1, 0.15) is 0 Å². The highest BCUT2D eigenvalue weighted by Gasteiger charge is 2.14. The van der Waals surface area contributed by atoms with Crippen LogP contribution in [0.3, 0.4) is 0 Å². The fourth-order valence-corrected chi connectivity index (χ4v) is 2.41. The maximum atomic E-state index is 12.0. The van der Waals surface area contributed by atoms with Crippen LogP contribution >= 0.6 is 11.6 Å². The molecule has 0 radical (unpaired) electrons. The highest BCUT2D eigenvalue weighted by molar-refractivity contribution is 6.30. The Morgan fingerprint density at radius 1 is 1.29 bits per heavy atom. The number of aromatic nitrogens is 4. The van der Waals surface area contributed by atoms with E-state index in [0.29, 0.717) is 29.3 Å². The molecule has 0 unspecified atom stereocenters. The van der Waals surface area contributed by atoms with E-state index >= 15 is 0 Å². The van der Waals surface area contributed by atoms with Crippen LogP contribution in [0.15, 0.2) is 35.4 Å². The van der Waals surface area contributed by atoms with E-state index in [2.05, 4.69) is 9.97 Å². The molecule has 0 bridgehead atoms. The molecule has 0 aliphatic rings. The molecule has 0 atom stereocenters. The molecule has 6 nitrogen and oxygen atoms in total. The summed E-state index contributed by atoms with van der Waals surface area (Å²) in [5.74, 6) is 0.156. The topological polar surface area (TPSA) is 78.7 Å². The Morgan fingerprint density at radius 2 is 2.00 bits per heavy atom. The average Bonchev–Trinajstić information content (AvgIpc) is 2.89. The van der Waals surface area contributed by atoms with Crippen molar-refractivity contribution in [1.29, 1.82) is 0 Å². The van der Waals surface area contributed by atoms with Crippen LogP contribution in [0.4, 0.5) is 5.95 Å². The number of aryl methyl sites for hydroxylation is 1. The first-order chi connectivity index (χ1) is 10.1. The molecule has 1 aromatic carbocycles. The molecule has 3 aromatic rings. The number of fused-ring (bicyclic) bond motifs is 1. The van der Waals surface area contributed by atoms with Crippen molar-refractivity contribution in [2.45, 2.75) is 20.0 Å². The van der Waals surface area contributed by atoms with Gasteiger partial charge in [-0.05, 0) is 24.6 Å². The maximum absolute atomic E-state index is 12.0. The van der Waals surface area contributed by atoms with Gasteiger partial charge in [-0.25, -0.2) is 4.98 Å². The summed E-state index contributed by atoms with van der Waals surface area (Å²) in [5.41, 5.74) is 7.56. The van der Waals surface area contributed by atoms with Crippen molar-refractivity contribution >= 4 is 28.7 Å². The van der Waals surface area contributed by atoms with Crippen molar-refractivity contribution in [1.82, 2.24) is 19.1 Å². The van der Waals surface area contributed by atoms with Crippen molar-refractivity contribution in [3.05, 3.63) is 51.5 Å². The monoisotopic (exact) mass is 303 g/mol. The summed E-state index contributed by atoms with van der Waals surface area (Å²) < 4.78 is 3.49. The van der Waals surface area contributed by atoms with Gasteiger partial charge >= 0.3 is 5.56 Å². The largest absolute Gasteiger partial charge is 0.369 e. The third-order valence-electron chi connectivity index (χ3n) is 3.36. The number of nitrogen functional groups attached to an aromatic ring is 1. The molecule has 2 N–H and O–H groups in total. The molecule has 0 aliphatic heterocycles. The van der Waals surface area contributed by atoms with E-state index in [0.717, 1.165) is 5.56 Å². The Bertz CT molecular complexity index is 850. The van der Waals surface area contributed by atoms with Gasteiger partial charge < -0.3 is 10.3 Å². The Kier molecular flexibility index (Phi) is 3.39. The number of rotatable bonds is 3. The van der Waals surface area contributed by atoms with E-state index in [1.807, 2.05) is 31.2 Å². The number of nitrogens with two attached hydrogens (primary N) is 1. The summed E-state index contributed by atoms with van der Waals surface area (Å²) in [7, 11) is 0. The number of anilines is 1. The lowest BCUT2D eigenvalue weighted by molar-refractivity contribution is 0.777. The van der Waals surface area contributed by atoms with Crippen LogP contribution in [0.2, 0.25) is 5.02 Å². The molecule has 0 amide bonds. The van der Waals surface area contributed by atoms with Gasteiger partial charge in [0.2, 0.25) is 5.95 Å². The first kappa shape index (κ1) is 13.6. The standard InChI is InChI=1S/C14H14ClN5O/c1-2-19-8-17-12-11(19)13(21)18-14(16)20(12)7-9-3-5-10(15)6-4-9/h3-6,8H,2,7H2,1H3,(H2,16,18,21). The summed E-state index contributed by atoms with van der Waals surface area (Å²) in [6.07, 6.45) is 1.63. The van der Waals surface area contributed by atoms with Crippen LogP contribution in [0.5, 0.6) is 0 Å². The van der Waals surface area contributed by atoms with Gasteiger partial charge in [-0.15, -0.1) is 0 Å². The van der Waals surface area contributed by atoms with Gasteiger partial charge in [-0.3, -0.25) is 9.36 Å². The molecule has 21 heavy (non-hydrogen) atoms. The van der Waals surface area contributed by atoms with E-state index in [1.165, 1.54) is 0 Å². The molecule has 3 rings (SSSR count). The van der Waals surface area contributed by atoms with Crippen molar-refractivity contribution < 1.29 is 0 Å². The van der Waals surface area contributed by atoms with Gasteiger partial charge in [0.05, 0.1) is 12.9 Å². The zero-order chi connectivity index (χ0) is 15.0. The number of halogens is 1. The molecular formula is C14H14ClN5O. The van der Waals surface area contributed by atoms with Crippen LogP contribution in [-0.4, -0.2) is 19.1 Å². The lowest BCUT2D eigenvalue weighted by Gasteiger charge is -2.10. The Morgan fingerprint density at radius 3 is 2.67 bits per heavy atom. The normalized spacial score (nSPS) is 11.1. The van der Waals surface area contributed by atoms with Crippen molar-refractivity contribution in [3.63, 3.8) is 0 Å². The maximum Gasteiger partial charge on any atom is 0.300 e. The number of hydrogen-bond donors (Lipinski definition) is 1. The molecule has 0 saturated carbocycles. The van der Waals surface area contributed by atoms with Crippen LogP contribution < -0.4 is 11.3 Å². The summed E-state index contributed by atoms with van der Waals surface area (Å²) in [6.45, 7) is 3.08. The minimum absolute atomic E-state index is 0.156. The fourth-order valence-electron chi connectivity index (χ4n) is 2.28. The number of nitrogens with zero attached hydrogens (tertiary/aromatic N) is 4. The number of hydrogen-bond acceptors (Lipinski definition) is 4. The minimum Gasteiger partial charge on any atom is -0.369 e. The molecule has 7 heteroatoms. The van der Waals surface area contributed by atoms with E-state index < -0.39 is 0 Å². The van der Waals surface area contributed by atoms with Crippen LogP contribution in [0.25, 0.3) is 11.2 Å². The van der Waals surface area contributed by atoms with Crippen LogP contribution in [0, 0.1) is 0 Å². The quantitative estimate of drug-likeness (QED) is 0.801. The summed E-state index contributed by atoms with van der Waals surface area (Å²) in [6, 6.07) is 7.43. The highest BCUT2D eigenvalue weighted by Crippen LogP contribution is 2.16. The predicted molar refractivity (Wildman–Crippen MR) is 82.4 cm³/mol. The lowest BCUT2D eigenvalue weighted by atomic mass is 10.2. The van der Waals surface area contributed by atoms with E-state index in [9.17, 15) is 4.79 Å². The summed E-state index contributed by atoms with van der Waals surface area (Å²) in [4.78, 5) is 20.2. The van der Waals surface area contributed by atoms with E-state index in [4.69, 9.17) is 17.3 Å². The van der Waals surface area contributed by atoms with Gasteiger partial charge in [0.15, 0.2) is 11.2 Å². The van der Waals surface area contributed by atoms with E-state index in [-0.39, 0.29) is 11.5 Å². The van der Waals surface area contributed by atoms with E-state index in [1.54, 1.807) is 15.5 Å². The second-order valence-corrected chi connectivity index (χ2v) is 5.13. The lowest BCUT2D eigenvalue weighted by Crippen LogP contribution is -2.20. The Balaban J connectivity index is 2.15. The van der Waals surface area contributed by atoms with Gasteiger partial charge in [-0.2, -0.15) is 4.98 Å². The first-order valence-electron chi connectivity index (χ1n) is 6.55. The SMILES string of the molecule is CCn1cnc2c1c(=O)nc(N)n2Cc1ccc(Cl)cc1. The third kappa shape index (κ3) is 2.38. The smallest absolute Gasteiger partial charge is 0.300 e. The average molecular weight is 304 g/mol.